The summed E-state index contributed by atoms with van der Waals surface area (Å²) >= 11 is 3.11. The molecular weight excluding hydrogens is 356 g/mol. The maximum absolute atomic E-state index is 11.4. The number of nitro benzene ring substituents is 1. The topological polar surface area (TPSA) is 80.4 Å². The minimum atomic E-state index is -0.305. The summed E-state index contributed by atoms with van der Waals surface area (Å²) < 4.78 is 0. The van der Waals surface area contributed by atoms with E-state index < -0.39 is 0 Å². The maximum Gasteiger partial charge on any atom is 0.283 e. The zero-order valence-electron chi connectivity index (χ0n) is 14.0. The van der Waals surface area contributed by atoms with Gasteiger partial charge < -0.3 is 0 Å². The molecule has 25 heavy (non-hydrogen) atoms. The van der Waals surface area contributed by atoms with Crippen molar-refractivity contribution in [3.63, 3.8) is 0 Å². The third kappa shape index (κ3) is 5.02. The highest BCUT2D eigenvalue weighted by atomic mass is 32.2. The van der Waals surface area contributed by atoms with Crippen LogP contribution in [0, 0.1) is 17.0 Å². The smallest absolute Gasteiger partial charge is 0.258 e. The molecule has 1 aromatic carbocycles. The second-order valence-electron chi connectivity index (χ2n) is 6.03. The van der Waals surface area contributed by atoms with Gasteiger partial charge in [-0.15, -0.1) is 23.1 Å². The summed E-state index contributed by atoms with van der Waals surface area (Å²) in [6, 6.07) is 5.30. The molecule has 1 aromatic heterocycles. The molecule has 1 aliphatic rings. The lowest BCUT2D eigenvalue weighted by atomic mass is 10.0. The van der Waals surface area contributed by atoms with Gasteiger partial charge in [-0.3, -0.25) is 15.5 Å². The molecule has 0 amide bonds. The number of hydrogen-bond donors (Lipinski definition) is 1. The monoisotopic (exact) mass is 376 g/mol. The SMILES string of the molecule is Cc1csc(NN=Cc2ccc(SC3CCCCC3)c([N+](=O)[O-])c2)n1. The summed E-state index contributed by atoms with van der Waals surface area (Å²) in [6.45, 7) is 1.91. The molecule has 0 saturated heterocycles. The Balaban J connectivity index is 1.70. The Bertz CT molecular complexity index is 770. The molecule has 1 N–H and O–H groups in total. The zero-order chi connectivity index (χ0) is 17.6. The van der Waals surface area contributed by atoms with Gasteiger partial charge in [-0.25, -0.2) is 4.98 Å². The van der Waals surface area contributed by atoms with Gasteiger partial charge in [-0.1, -0.05) is 25.3 Å². The fourth-order valence-electron chi connectivity index (χ4n) is 2.79. The van der Waals surface area contributed by atoms with Crippen LogP contribution in [0.1, 0.15) is 43.4 Å². The Kier molecular flexibility index (Phi) is 6.04. The predicted molar refractivity (Wildman–Crippen MR) is 104 cm³/mol. The number of rotatable bonds is 6. The van der Waals surface area contributed by atoms with Crippen molar-refractivity contribution >= 4 is 40.1 Å². The molecule has 8 heteroatoms. The molecule has 0 atom stereocenters. The van der Waals surface area contributed by atoms with E-state index >= 15 is 0 Å². The van der Waals surface area contributed by atoms with Crippen molar-refractivity contribution < 1.29 is 4.92 Å². The van der Waals surface area contributed by atoms with Crippen LogP contribution in [-0.4, -0.2) is 21.4 Å². The first-order chi connectivity index (χ1) is 12.1. The predicted octanol–water partition coefficient (Wildman–Crippen LogP) is 5.23. The molecule has 1 fully saturated rings. The van der Waals surface area contributed by atoms with Gasteiger partial charge in [0.05, 0.1) is 21.7 Å². The van der Waals surface area contributed by atoms with E-state index in [4.69, 9.17) is 0 Å². The minimum absolute atomic E-state index is 0.157. The fraction of sp³-hybridized carbons (Fsp3) is 0.412. The summed E-state index contributed by atoms with van der Waals surface area (Å²) in [5.41, 5.74) is 4.63. The van der Waals surface area contributed by atoms with Gasteiger partial charge in [0, 0.05) is 22.3 Å². The molecule has 0 bridgehead atoms. The molecule has 0 unspecified atom stereocenters. The number of aromatic nitrogens is 1. The van der Waals surface area contributed by atoms with Gasteiger partial charge in [0.1, 0.15) is 0 Å². The van der Waals surface area contributed by atoms with Crippen molar-refractivity contribution in [2.45, 2.75) is 49.2 Å². The first kappa shape index (κ1) is 17.9. The van der Waals surface area contributed by atoms with E-state index in [9.17, 15) is 10.1 Å². The van der Waals surface area contributed by atoms with Crippen molar-refractivity contribution in [2.24, 2.45) is 5.10 Å². The molecular formula is C17H20N4O2S2. The zero-order valence-corrected chi connectivity index (χ0v) is 15.6. The number of thiazole rings is 1. The highest BCUT2D eigenvalue weighted by molar-refractivity contribution is 8.00. The molecule has 0 radical (unpaired) electrons. The minimum Gasteiger partial charge on any atom is -0.258 e. The third-order valence-electron chi connectivity index (χ3n) is 4.02. The first-order valence-electron chi connectivity index (χ1n) is 8.28. The lowest BCUT2D eigenvalue weighted by Crippen LogP contribution is -2.08. The Morgan fingerprint density at radius 3 is 2.88 bits per heavy atom. The van der Waals surface area contributed by atoms with Crippen molar-refractivity contribution in [3.8, 4) is 0 Å². The third-order valence-corrected chi connectivity index (χ3v) is 6.29. The van der Waals surface area contributed by atoms with Crippen LogP contribution in [0.3, 0.4) is 0 Å². The highest BCUT2D eigenvalue weighted by Gasteiger charge is 2.21. The van der Waals surface area contributed by atoms with Gasteiger partial charge in [-0.05, 0) is 25.8 Å². The number of anilines is 1. The maximum atomic E-state index is 11.4. The van der Waals surface area contributed by atoms with Crippen LogP contribution < -0.4 is 5.43 Å². The molecule has 6 nitrogen and oxygen atoms in total. The number of benzene rings is 1. The Labute approximate surface area is 154 Å². The Morgan fingerprint density at radius 1 is 1.40 bits per heavy atom. The number of hydrogen-bond acceptors (Lipinski definition) is 7. The molecule has 1 aliphatic carbocycles. The highest BCUT2D eigenvalue weighted by Crippen LogP contribution is 2.38. The van der Waals surface area contributed by atoms with E-state index in [2.05, 4.69) is 15.5 Å². The van der Waals surface area contributed by atoms with Crippen molar-refractivity contribution in [3.05, 3.63) is 45.0 Å². The van der Waals surface area contributed by atoms with E-state index in [0.717, 1.165) is 23.4 Å². The summed E-state index contributed by atoms with van der Waals surface area (Å²) in [5.74, 6) is 0. The van der Waals surface area contributed by atoms with Gasteiger partial charge in [0.15, 0.2) is 0 Å². The van der Waals surface area contributed by atoms with E-state index in [-0.39, 0.29) is 10.6 Å². The Morgan fingerprint density at radius 2 is 2.20 bits per heavy atom. The number of thioether (sulfide) groups is 1. The molecule has 2 aromatic rings. The van der Waals surface area contributed by atoms with Crippen LogP contribution in [-0.2, 0) is 0 Å². The van der Waals surface area contributed by atoms with Crippen molar-refractivity contribution in [1.82, 2.24) is 4.98 Å². The number of nitrogens with zero attached hydrogens (tertiary/aromatic N) is 3. The van der Waals surface area contributed by atoms with Crippen LogP contribution >= 0.6 is 23.1 Å². The van der Waals surface area contributed by atoms with Gasteiger partial charge in [0.2, 0.25) is 5.13 Å². The van der Waals surface area contributed by atoms with E-state index in [0.29, 0.717) is 15.9 Å². The molecule has 0 spiro atoms. The van der Waals surface area contributed by atoms with E-state index in [1.165, 1.54) is 30.6 Å². The quantitative estimate of drug-likeness (QED) is 0.424. The fourth-order valence-corrected chi connectivity index (χ4v) is 4.75. The van der Waals surface area contributed by atoms with Crippen molar-refractivity contribution in [2.75, 3.05) is 5.43 Å². The van der Waals surface area contributed by atoms with Crippen LogP contribution in [0.5, 0.6) is 0 Å². The van der Waals surface area contributed by atoms with E-state index in [1.807, 2.05) is 24.4 Å². The van der Waals surface area contributed by atoms with Crippen LogP contribution in [0.2, 0.25) is 0 Å². The van der Waals surface area contributed by atoms with Crippen LogP contribution in [0.15, 0.2) is 33.6 Å². The summed E-state index contributed by atoms with van der Waals surface area (Å²) in [5, 5.41) is 18.7. The van der Waals surface area contributed by atoms with Crippen LogP contribution in [0.4, 0.5) is 10.8 Å². The lowest BCUT2D eigenvalue weighted by molar-refractivity contribution is -0.387. The summed E-state index contributed by atoms with van der Waals surface area (Å²) in [4.78, 5) is 16.1. The number of nitro groups is 1. The second kappa shape index (κ2) is 8.44. The molecule has 132 valence electrons. The standard InChI is InChI=1S/C17H20N4O2S2/c1-12-11-24-17(19-12)20-18-10-13-7-8-16(15(9-13)21(22)23)25-14-5-3-2-4-6-14/h7-11,14H,2-6H2,1H3,(H,19,20). The summed E-state index contributed by atoms with van der Waals surface area (Å²) in [6.07, 6.45) is 7.58. The largest absolute Gasteiger partial charge is 0.283 e. The Hall–Kier alpha value is -1.93. The average molecular weight is 377 g/mol. The van der Waals surface area contributed by atoms with Crippen LogP contribution in [0.25, 0.3) is 0 Å². The van der Waals surface area contributed by atoms with Crippen molar-refractivity contribution in [1.29, 1.82) is 0 Å². The normalized spacial score (nSPS) is 15.6. The second-order valence-corrected chi connectivity index (χ2v) is 8.23. The number of hydrazone groups is 1. The first-order valence-corrected chi connectivity index (χ1v) is 10.0. The van der Waals surface area contributed by atoms with Gasteiger partial charge >= 0.3 is 0 Å². The average Bonchev–Trinajstić information content (AvgIpc) is 3.02. The summed E-state index contributed by atoms with van der Waals surface area (Å²) in [7, 11) is 0. The molecule has 1 heterocycles. The lowest BCUT2D eigenvalue weighted by Gasteiger charge is -2.20. The molecule has 3 rings (SSSR count). The van der Waals surface area contributed by atoms with E-state index in [1.54, 1.807) is 24.0 Å². The number of nitrogens with one attached hydrogen (secondary N) is 1. The van der Waals surface area contributed by atoms with Gasteiger partial charge in [0.25, 0.3) is 5.69 Å². The van der Waals surface area contributed by atoms with Gasteiger partial charge in [-0.2, -0.15) is 5.10 Å². The molecule has 0 aliphatic heterocycles. The molecule has 1 saturated carbocycles. The number of aryl methyl sites for hydroxylation is 1.